The molecule has 5 heteroatoms. The second kappa shape index (κ2) is 11.3. The van der Waals surface area contributed by atoms with Gasteiger partial charge in [-0.1, -0.05) is 46.1 Å². The van der Waals surface area contributed by atoms with Gasteiger partial charge in [0.2, 0.25) is 0 Å². The summed E-state index contributed by atoms with van der Waals surface area (Å²) in [6, 6.07) is 0. The first-order chi connectivity index (χ1) is 9.55. The van der Waals surface area contributed by atoms with Gasteiger partial charge in [0.25, 0.3) is 0 Å². The molecule has 124 valence electrons. The van der Waals surface area contributed by atoms with Gasteiger partial charge in [-0.15, -0.1) is 0 Å². The number of hydrogen-bond acceptors (Lipinski definition) is 5. The molecule has 0 aromatic carbocycles. The molecule has 0 amide bonds. The monoisotopic (exact) mass is 301 g/mol. The van der Waals surface area contributed by atoms with Crippen molar-refractivity contribution in [1.29, 1.82) is 0 Å². The van der Waals surface area contributed by atoms with E-state index in [2.05, 4.69) is 25.2 Å². The second-order valence-electron chi connectivity index (χ2n) is 5.80. The third kappa shape index (κ3) is 14.9. The largest absolute Gasteiger partial charge is 0.456 e. The van der Waals surface area contributed by atoms with E-state index in [4.69, 9.17) is 10.5 Å². The molecule has 1 atom stereocenters. The molecule has 0 aliphatic carbocycles. The zero-order chi connectivity index (χ0) is 17.1. The predicted molar refractivity (Wildman–Crippen MR) is 84.5 cm³/mol. The summed E-state index contributed by atoms with van der Waals surface area (Å²) in [7, 11) is 0. The molecule has 0 saturated carbocycles. The third-order valence-corrected chi connectivity index (χ3v) is 2.14. The fourth-order valence-electron chi connectivity index (χ4n) is 1.16. The Bertz CT molecular complexity index is 326. The van der Waals surface area contributed by atoms with Crippen LogP contribution >= 0.6 is 0 Å². The molecule has 21 heavy (non-hydrogen) atoms. The van der Waals surface area contributed by atoms with Crippen LogP contribution in [0.5, 0.6) is 0 Å². The number of nitrogens with two attached hydrogens (primary N) is 1. The van der Waals surface area contributed by atoms with Crippen LogP contribution in [-0.2, 0) is 19.1 Å². The first kappa shape index (κ1) is 21.9. The average molecular weight is 301 g/mol. The van der Waals surface area contributed by atoms with Crippen molar-refractivity contribution in [1.82, 2.24) is 0 Å². The minimum absolute atomic E-state index is 0.359. The zero-order valence-electron chi connectivity index (χ0n) is 14.3. The minimum Gasteiger partial charge on any atom is -0.456 e. The molecule has 0 aromatic heterocycles. The number of esters is 2. The van der Waals surface area contributed by atoms with E-state index in [0.29, 0.717) is 0 Å². The molecule has 0 radical (unpaired) electrons. The van der Waals surface area contributed by atoms with Gasteiger partial charge in [0.05, 0.1) is 0 Å². The minimum atomic E-state index is -0.862. The van der Waals surface area contributed by atoms with E-state index in [1.54, 1.807) is 20.8 Å². The van der Waals surface area contributed by atoms with E-state index >= 15 is 0 Å². The fraction of sp³-hybridized carbons (Fsp3) is 0.750. The Morgan fingerprint density at radius 3 is 1.81 bits per heavy atom. The molecular formula is C16H31NO4. The van der Waals surface area contributed by atoms with Crippen LogP contribution in [0.25, 0.3) is 0 Å². The highest BCUT2D eigenvalue weighted by Gasteiger charge is 2.24. The number of rotatable bonds is 6. The van der Waals surface area contributed by atoms with E-state index in [9.17, 15) is 9.59 Å². The molecule has 0 saturated heterocycles. The molecule has 0 aliphatic rings. The van der Waals surface area contributed by atoms with Crippen molar-refractivity contribution in [3.8, 4) is 0 Å². The molecule has 0 fully saturated rings. The summed E-state index contributed by atoms with van der Waals surface area (Å²) in [6.45, 7) is 14.3. The van der Waals surface area contributed by atoms with Crippen LogP contribution in [-0.4, -0.2) is 23.8 Å². The van der Waals surface area contributed by atoms with Crippen LogP contribution < -0.4 is 5.73 Å². The van der Waals surface area contributed by atoms with Crippen LogP contribution in [0.1, 0.15) is 67.2 Å². The van der Waals surface area contributed by atoms with Crippen molar-refractivity contribution in [3.63, 3.8) is 0 Å². The normalized spacial score (nSPS) is 11.8. The van der Waals surface area contributed by atoms with Crippen LogP contribution in [0, 0.1) is 0 Å². The zero-order valence-corrected chi connectivity index (χ0v) is 14.3. The van der Waals surface area contributed by atoms with Crippen LogP contribution in [0.4, 0.5) is 0 Å². The number of unbranched alkanes of at least 4 members (excludes halogenated alkanes) is 3. The van der Waals surface area contributed by atoms with Gasteiger partial charge in [-0.2, -0.15) is 0 Å². The summed E-state index contributed by atoms with van der Waals surface area (Å²) in [4.78, 5) is 22.5. The summed E-state index contributed by atoms with van der Waals surface area (Å²) >= 11 is 0. The SMILES string of the molecule is C=C(C(=O)OC(C)N)C(=O)OC(C)(C)C.CCCCCC. The van der Waals surface area contributed by atoms with Crippen LogP contribution in [0.15, 0.2) is 12.2 Å². The first-order valence-corrected chi connectivity index (χ1v) is 7.43. The molecule has 5 nitrogen and oxygen atoms in total. The van der Waals surface area contributed by atoms with Crippen molar-refractivity contribution < 1.29 is 19.1 Å². The van der Waals surface area contributed by atoms with Gasteiger partial charge in [-0.05, 0) is 27.7 Å². The molecular weight excluding hydrogens is 270 g/mol. The van der Waals surface area contributed by atoms with E-state index in [-0.39, 0.29) is 5.57 Å². The van der Waals surface area contributed by atoms with Crippen molar-refractivity contribution in [2.45, 2.75) is 79.1 Å². The molecule has 0 aliphatic heterocycles. The van der Waals surface area contributed by atoms with Crippen molar-refractivity contribution >= 4 is 11.9 Å². The average Bonchev–Trinajstić information content (AvgIpc) is 2.33. The summed E-state index contributed by atoms with van der Waals surface area (Å²) in [5, 5.41) is 0. The molecule has 2 N–H and O–H groups in total. The van der Waals surface area contributed by atoms with Gasteiger partial charge < -0.3 is 9.47 Å². The van der Waals surface area contributed by atoms with E-state index in [1.807, 2.05) is 0 Å². The number of carbonyl (C=O) groups is 2. The lowest BCUT2D eigenvalue weighted by Crippen LogP contribution is -2.30. The first-order valence-electron chi connectivity index (χ1n) is 7.43. The van der Waals surface area contributed by atoms with E-state index in [1.165, 1.54) is 32.6 Å². The maximum atomic E-state index is 11.3. The van der Waals surface area contributed by atoms with Crippen molar-refractivity contribution in [3.05, 3.63) is 12.2 Å². The Hall–Kier alpha value is -1.36. The van der Waals surface area contributed by atoms with E-state index < -0.39 is 23.8 Å². The lowest BCUT2D eigenvalue weighted by Gasteiger charge is -2.19. The molecule has 0 bridgehead atoms. The van der Waals surface area contributed by atoms with Crippen molar-refractivity contribution in [2.24, 2.45) is 5.73 Å². The summed E-state index contributed by atoms with van der Waals surface area (Å²) in [5.74, 6) is -1.66. The number of ether oxygens (including phenoxy) is 2. The van der Waals surface area contributed by atoms with Gasteiger partial charge >= 0.3 is 11.9 Å². The van der Waals surface area contributed by atoms with Crippen LogP contribution in [0.2, 0.25) is 0 Å². The summed E-state index contributed by atoms with van der Waals surface area (Å²) < 4.78 is 9.51. The summed E-state index contributed by atoms with van der Waals surface area (Å²) in [6.07, 6.45) is 4.76. The van der Waals surface area contributed by atoms with Gasteiger partial charge in [0, 0.05) is 0 Å². The molecule has 0 spiro atoms. The quantitative estimate of drug-likeness (QED) is 0.203. The maximum Gasteiger partial charge on any atom is 0.346 e. The smallest absolute Gasteiger partial charge is 0.346 e. The Balaban J connectivity index is 0. The number of hydrogen-bond donors (Lipinski definition) is 1. The Morgan fingerprint density at radius 1 is 1.10 bits per heavy atom. The standard InChI is InChI=1S/C10H17NO4.C6H14/c1-6(8(12)14-7(2)11)9(13)15-10(3,4)5;1-3-5-6-4-2/h7H,1,11H2,2-5H3;3-6H2,1-2H3. The van der Waals surface area contributed by atoms with Gasteiger partial charge in [0.15, 0.2) is 0 Å². The van der Waals surface area contributed by atoms with Crippen LogP contribution in [0.3, 0.4) is 0 Å². The molecule has 0 aromatic rings. The Labute approximate surface area is 128 Å². The lowest BCUT2D eigenvalue weighted by atomic mass is 10.2. The van der Waals surface area contributed by atoms with Gasteiger partial charge in [-0.25, -0.2) is 9.59 Å². The second-order valence-corrected chi connectivity index (χ2v) is 5.80. The Kier molecular flexibility index (Phi) is 11.8. The van der Waals surface area contributed by atoms with Crippen molar-refractivity contribution in [2.75, 3.05) is 0 Å². The topological polar surface area (TPSA) is 78.6 Å². The molecule has 0 rings (SSSR count). The summed E-state index contributed by atoms with van der Waals surface area (Å²) in [5.41, 5.74) is 4.19. The number of carbonyl (C=O) groups excluding carboxylic acids is 2. The molecule has 0 heterocycles. The fourth-order valence-corrected chi connectivity index (χ4v) is 1.16. The van der Waals surface area contributed by atoms with Gasteiger partial charge in [0.1, 0.15) is 17.4 Å². The van der Waals surface area contributed by atoms with Gasteiger partial charge in [-0.3, -0.25) is 5.73 Å². The highest BCUT2D eigenvalue weighted by Crippen LogP contribution is 2.11. The Morgan fingerprint density at radius 2 is 1.52 bits per heavy atom. The van der Waals surface area contributed by atoms with E-state index in [0.717, 1.165) is 0 Å². The molecule has 1 unspecified atom stereocenters. The third-order valence-electron chi connectivity index (χ3n) is 2.14. The maximum absolute atomic E-state index is 11.3. The highest BCUT2D eigenvalue weighted by atomic mass is 16.6. The lowest BCUT2D eigenvalue weighted by molar-refractivity contribution is -0.155. The predicted octanol–water partition coefficient (Wildman–Crippen LogP) is 3.32. The highest BCUT2D eigenvalue weighted by molar-refractivity contribution is 6.13.